The number of nitrogens with zero attached hydrogens (tertiary/aromatic N) is 2. The molecule has 2 fully saturated rings. The molecule has 0 saturated carbocycles. The van der Waals surface area contributed by atoms with Crippen LogP contribution in [0.4, 0.5) is 5.69 Å². The fraction of sp³-hybridized carbons (Fsp3) is 0.440. The molecule has 2 saturated heterocycles. The highest BCUT2D eigenvalue weighted by atomic mass is 16.5. The molecule has 2 aromatic carbocycles. The number of aliphatic hydroxyl groups is 2. The fourth-order valence-corrected chi connectivity index (χ4v) is 4.44. The lowest BCUT2D eigenvalue weighted by Gasteiger charge is -2.37. The van der Waals surface area contributed by atoms with Crippen LogP contribution < -0.4 is 15.0 Å². The predicted octanol–water partition coefficient (Wildman–Crippen LogP) is 0.653. The van der Waals surface area contributed by atoms with Gasteiger partial charge in [-0.2, -0.15) is 0 Å². The van der Waals surface area contributed by atoms with E-state index in [0.717, 1.165) is 11.4 Å². The highest BCUT2D eigenvalue weighted by molar-refractivity contribution is 5.94. The summed E-state index contributed by atoms with van der Waals surface area (Å²) in [4.78, 5) is 29.0. The molecule has 3 N–H and O–H groups in total. The summed E-state index contributed by atoms with van der Waals surface area (Å²) in [5, 5.41) is 23.5. The Morgan fingerprint density at radius 3 is 2.32 bits per heavy atom. The summed E-state index contributed by atoms with van der Waals surface area (Å²) in [5.41, 5.74) is 1.49. The second-order valence-corrected chi connectivity index (χ2v) is 8.51. The highest BCUT2D eigenvalue weighted by Gasteiger charge is 2.44. The second-order valence-electron chi connectivity index (χ2n) is 8.51. The van der Waals surface area contributed by atoms with Gasteiger partial charge in [-0.1, -0.05) is 30.3 Å². The lowest BCUT2D eigenvalue weighted by Crippen LogP contribution is -2.50. The summed E-state index contributed by atoms with van der Waals surface area (Å²) in [5.74, 6) is 0.368. The lowest BCUT2D eigenvalue weighted by molar-refractivity contribution is -0.135. The number of carbonyl (C=O) groups excluding carboxylic acids is 2. The van der Waals surface area contributed by atoms with E-state index < -0.39 is 24.4 Å². The van der Waals surface area contributed by atoms with Gasteiger partial charge in [-0.15, -0.1) is 0 Å². The van der Waals surface area contributed by atoms with E-state index >= 15 is 0 Å². The molecular weight excluding hydrogens is 438 g/mol. The molecule has 2 heterocycles. The average Bonchev–Trinajstić information content (AvgIpc) is 3.15. The number of nitrogens with one attached hydrogen (secondary N) is 1. The topological polar surface area (TPSA) is 112 Å². The Balaban J connectivity index is 1.26. The van der Waals surface area contributed by atoms with Crippen LogP contribution in [0.15, 0.2) is 54.6 Å². The summed E-state index contributed by atoms with van der Waals surface area (Å²) < 4.78 is 11.2. The minimum Gasteiger partial charge on any atom is -0.495 e. The van der Waals surface area contributed by atoms with Gasteiger partial charge in [0.05, 0.1) is 25.3 Å². The van der Waals surface area contributed by atoms with Gasteiger partial charge < -0.3 is 34.8 Å². The summed E-state index contributed by atoms with van der Waals surface area (Å²) in [6.45, 7) is 2.44. The molecule has 9 heteroatoms. The maximum absolute atomic E-state index is 12.9. The molecular formula is C25H31N3O6. The Hall–Kier alpha value is -3.14. The molecule has 4 atom stereocenters. The van der Waals surface area contributed by atoms with E-state index in [4.69, 9.17) is 9.47 Å². The third kappa shape index (κ3) is 5.32. The average molecular weight is 470 g/mol. The van der Waals surface area contributed by atoms with Gasteiger partial charge in [-0.25, -0.2) is 0 Å². The molecule has 0 aromatic heterocycles. The maximum atomic E-state index is 12.9. The van der Waals surface area contributed by atoms with Crippen LogP contribution in [0.3, 0.4) is 0 Å². The normalized spacial score (nSPS) is 24.7. The zero-order chi connectivity index (χ0) is 24.1. The quantitative estimate of drug-likeness (QED) is 0.546. The molecule has 0 aliphatic carbocycles. The molecule has 0 radical (unpaired) electrons. The number of hydrogen-bond donors (Lipinski definition) is 3. The number of hydrogen-bond acceptors (Lipinski definition) is 7. The minimum absolute atomic E-state index is 0.0317. The third-order valence-electron chi connectivity index (χ3n) is 6.40. The SMILES string of the molecule is COc1ccccc1N1CCN(C(=O)C[C@@H]2O[C@H](CNC(=O)c3ccccc3)[C@@H](O)[C@H]2O)CC1. The monoisotopic (exact) mass is 469 g/mol. The van der Waals surface area contributed by atoms with E-state index in [-0.39, 0.29) is 24.8 Å². The summed E-state index contributed by atoms with van der Waals surface area (Å²) >= 11 is 0. The largest absolute Gasteiger partial charge is 0.495 e. The zero-order valence-corrected chi connectivity index (χ0v) is 19.2. The smallest absolute Gasteiger partial charge is 0.251 e. The van der Waals surface area contributed by atoms with Crippen LogP contribution in [0, 0.1) is 0 Å². The van der Waals surface area contributed by atoms with E-state index in [1.165, 1.54) is 0 Å². The van der Waals surface area contributed by atoms with Crippen molar-refractivity contribution in [3.05, 3.63) is 60.2 Å². The fourth-order valence-electron chi connectivity index (χ4n) is 4.44. The molecule has 34 heavy (non-hydrogen) atoms. The van der Waals surface area contributed by atoms with Crippen molar-refractivity contribution in [2.45, 2.75) is 30.8 Å². The first-order valence-electron chi connectivity index (χ1n) is 11.5. The predicted molar refractivity (Wildman–Crippen MR) is 126 cm³/mol. The van der Waals surface area contributed by atoms with E-state index in [1.54, 1.807) is 36.3 Å². The van der Waals surface area contributed by atoms with E-state index in [0.29, 0.717) is 31.7 Å². The maximum Gasteiger partial charge on any atom is 0.251 e. The number of aliphatic hydroxyl groups excluding tert-OH is 2. The number of benzene rings is 2. The molecule has 2 aliphatic heterocycles. The number of carbonyl (C=O) groups is 2. The van der Waals surface area contributed by atoms with Crippen LogP contribution >= 0.6 is 0 Å². The molecule has 4 rings (SSSR count). The molecule has 2 aliphatic rings. The minimum atomic E-state index is -1.20. The first-order chi connectivity index (χ1) is 16.5. The molecule has 182 valence electrons. The number of anilines is 1. The van der Waals surface area contributed by atoms with Crippen molar-refractivity contribution in [3.8, 4) is 5.75 Å². The Bertz CT molecular complexity index is 980. The number of piperazine rings is 1. The Kier molecular flexibility index (Phi) is 7.66. The Morgan fingerprint density at radius 2 is 1.62 bits per heavy atom. The zero-order valence-electron chi connectivity index (χ0n) is 19.2. The van der Waals surface area contributed by atoms with Crippen LogP contribution in [-0.2, 0) is 9.53 Å². The van der Waals surface area contributed by atoms with Gasteiger partial charge in [0, 0.05) is 38.3 Å². The van der Waals surface area contributed by atoms with Crippen LogP contribution in [0.5, 0.6) is 5.75 Å². The Labute approximate surface area is 198 Å². The van der Waals surface area contributed by atoms with Crippen LogP contribution in [0.25, 0.3) is 0 Å². The summed E-state index contributed by atoms with van der Waals surface area (Å²) in [6.07, 6.45) is -4.03. The van der Waals surface area contributed by atoms with E-state index in [9.17, 15) is 19.8 Å². The molecule has 9 nitrogen and oxygen atoms in total. The van der Waals surface area contributed by atoms with Gasteiger partial charge in [-0.3, -0.25) is 9.59 Å². The van der Waals surface area contributed by atoms with Crippen molar-refractivity contribution in [2.75, 3.05) is 44.7 Å². The first kappa shape index (κ1) is 24.0. The number of methoxy groups -OCH3 is 1. The lowest BCUT2D eigenvalue weighted by atomic mass is 10.0. The molecule has 0 bridgehead atoms. The summed E-state index contributed by atoms with van der Waals surface area (Å²) in [7, 11) is 1.64. The van der Waals surface area contributed by atoms with Crippen LogP contribution in [0.2, 0.25) is 0 Å². The standard InChI is InChI=1S/C25H31N3O6/c1-33-19-10-6-5-9-18(19)27-11-13-28(14-12-27)22(29)15-20-23(30)24(31)21(34-20)16-26-25(32)17-7-3-2-4-8-17/h2-10,20-21,23-24,30-31H,11-16H2,1H3,(H,26,32)/t20-,21+,23-,24+/m0/s1. The van der Waals surface area contributed by atoms with Gasteiger partial charge in [-0.05, 0) is 24.3 Å². The molecule has 0 spiro atoms. The molecule has 2 aromatic rings. The van der Waals surface area contributed by atoms with Crippen molar-refractivity contribution in [1.82, 2.24) is 10.2 Å². The molecule has 2 amide bonds. The first-order valence-corrected chi connectivity index (χ1v) is 11.5. The highest BCUT2D eigenvalue weighted by Crippen LogP contribution is 2.29. The summed E-state index contributed by atoms with van der Waals surface area (Å²) in [6, 6.07) is 16.5. The van der Waals surface area contributed by atoms with E-state index in [2.05, 4.69) is 10.2 Å². The van der Waals surface area contributed by atoms with Gasteiger partial charge >= 0.3 is 0 Å². The number of ether oxygens (including phenoxy) is 2. The third-order valence-corrected chi connectivity index (χ3v) is 6.40. The van der Waals surface area contributed by atoms with Crippen molar-refractivity contribution < 1.29 is 29.3 Å². The van der Waals surface area contributed by atoms with E-state index in [1.807, 2.05) is 30.3 Å². The number of amides is 2. The number of para-hydroxylation sites is 2. The van der Waals surface area contributed by atoms with Crippen LogP contribution in [0.1, 0.15) is 16.8 Å². The van der Waals surface area contributed by atoms with Crippen LogP contribution in [-0.4, -0.2) is 91.2 Å². The van der Waals surface area contributed by atoms with Gasteiger partial charge in [0.25, 0.3) is 5.91 Å². The second kappa shape index (κ2) is 10.9. The van der Waals surface area contributed by atoms with Gasteiger partial charge in [0.2, 0.25) is 5.91 Å². The van der Waals surface area contributed by atoms with Gasteiger partial charge in [0.15, 0.2) is 0 Å². The molecule has 0 unspecified atom stereocenters. The van der Waals surface area contributed by atoms with Gasteiger partial charge in [0.1, 0.15) is 24.1 Å². The van der Waals surface area contributed by atoms with Crippen molar-refractivity contribution in [2.24, 2.45) is 0 Å². The van der Waals surface area contributed by atoms with Crippen molar-refractivity contribution in [3.63, 3.8) is 0 Å². The van der Waals surface area contributed by atoms with Crippen molar-refractivity contribution in [1.29, 1.82) is 0 Å². The Morgan fingerprint density at radius 1 is 0.971 bits per heavy atom. The van der Waals surface area contributed by atoms with Crippen molar-refractivity contribution >= 4 is 17.5 Å². The number of rotatable bonds is 7.